The highest BCUT2D eigenvalue weighted by Gasteiger charge is 2.14. The van der Waals surface area contributed by atoms with Crippen molar-refractivity contribution in [1.29, 1.82) is 0 Å². The van der Waals surface area contributed by atoms with Crippen molar-refractivity contribution in [2.24, 2.45) is 0 Å². The Morgan fingerprint density at radius 2 is 2.35 bits per heavy atom. The molecule has 0 saturated carbocycles. The lowest BCUT2D eigenvalue weighted by molar-refractivity contribution is 0.129. The highest BCUT2D eigenvalue weighted by molar-refractivity contribution is 7.99. The topological polar surface area (TPSA) is 78.9 Å². The van der Waals surface area contributed by atoms with Crippen molar-refractivity contribution < 1.29 is 4.74 Å². The number of aryl methyl sites for hydroxylation is 1. The van der Waals surface area contributed by atoms with Crippen LogP contribution in [0.1, 0.15) is 19.3 Å². The molecule has 1 aliphatic rings. The van der Waals surface area contributed by atoms with Gasteiger partial charge in [-0.3, -0.25) is 0 Å². The summed E-state index contributed by atoms with van der Waals surface area (Å²) in [6, 6.07) is 0. The lowest BCUT2D eigenvalue weighted by Crippen LogP contribution is -2.08. The van der Waals surface area contributed by atoms with Crippen LogP contribution in [0.5, 0.6) is 0 Å². The van der Waals surface area contributed by atoms with Crippen LogP contribution in [-0.4, -0.2) is 43.7 Å². The van der Waals surface area contributed by atoms with E-state index in [2.05, 4.69) is 15.0 Å². The third kappa shape index (κ3) is 3.04. The average Bonchev–Trinajstić information content (AvgIpc) is 3.09. The first-order chi connectivity index (χ1) is 9.84. The molecule has 0 aromatic carbocycles. The number of nitrogens with zero attached hydrogens (tertiary/aromatic N) is 4. The van der Waals surface area contributed by atoms with Gasteiger partial charge in [-0.05, 0) is 25.0 Å². The summed E-state index contributed by atoms with van der Waals surface area (Å²) in [5, 5.41) is 0. The second kappa shape index (κ2) is 6.41. The first-order valence-electron chi connectivity index (χ1n) is 6.95. The van der Waals surface area contributed by atoms with E-state index in [1.54, 1.807) is 6.33 Å². The number of hydrogen-bond donors (Lipinski definition) is 1. The van der Waals surface area contributed by atoms with Gasteiger partial charge in [0.05, 0.1) is 12.4 Å². The Bertz CT molecular complexity index is 567. The zero-order valence-electron chi connectivity index (χ0n) is 11.4. The van der Waals surface area contributed by atoms with Gasteiger partial charge in [-0.1, -0.05) is 0 Å². The lowest BCUT2D eigenvalue weighted by atomic mass is 10.3. The zero-order chi connectivity index (χ0) is 13.8. The van der Waals surface area contributed by atoms with Crippen LogP contribution in [0.3, 0.4) is 0 Å². The van der Waals surface area contributed by atoms with E-state index < -0.39 is 0 Å². The van der Waals surface area contributed by atoms with Gasteiger partial charge in [0.15, 0.2) is 11.5 Å². The predicted octanol–water partition coefficient (Wildman–Crippen LogP) is 1.71. The van der Waals surface area contributed by atoms with Crippen LogP contribution < -0.4 is 5.73 Å². The SMILES string of the molecule is Nc1ncnc2c1ncn2CCCSCC1CCCO1. The molecule has 2 N–H and O–H groups in total. The Balaban J connectivity index is 1.46. The second-order valence-electron chi connectivity index (χ2n) is 4.93. The highest BCUT2D eigenvalue weighted by Crippen LogP contribution is 2.18. The molecule has 0 spiro atoms. The van der Waals surface area contributed by atoms with Crippen LogP contribution in [-0.2, 0) is 11.3 Å². The Labute approximate surface area is 122 Å². The number of anilines is 1. The number of aromatic nitrogens is 4. The number of hydrogen-bond acceptors (Lipinski definition) is 6. The van der Waals surface area contributed by atoms with Crippen molar-refractivity contribution >= 4 is 28.7 Å². The molecule has 20 heavy (non-hydrogen) atoms. The van der Waals surface area contributed by atoms with Crippen LogP contribution >= 0.6 is 11.8 Å². The van der Waals surface area contributed by atoms with Crippen molar-refractivity contribution in [3.8, 4) is 0 Å². The molecule has 3 heterocycles. The van der Waals surface area contributed by atoms with E-state index in [1.165, 1.54) is 19.2 Å². The molecule has 2 aromatic rings. The van der Waals surface area contributed by atoms with Gasteiger partial charge >= 0.3 is 0 Å². The maximum atomic E-state index is 5.77. The van der Waals surface area contributed by atoms with Crippen molar-refractivity contribution in [2.75, 3.05) is 23.8 Å². The molecule has 3 rings (SSSR count). The van der Waals surface area contributed by atoms with E-state index >= 15 is 0 Å². The molecule has 0 amide bonds. The van der Waals surface area contributed by atoms with Crippen LogP contribution in [0.25, 0.3) is 11.2 Å². The van der Waals surface area contributed by atoms with Crippen molar-refractivity contribution in [2.45, 2.75) is 31.9 Å². The minimum atomic E-state index is 0.446. The molecule has 2 aromatic heterocycles. The summed E-state index contributed by atoms with van der Waals surface area (Å²) >= 11 is 1.96. The van der Waals surface area contributed by atoms with Gasteiger partial charge in [-0.15, -0.1) is 0 Å². The summed E-state index contributed by atoms with van der Waals surface area (Å²) in [6.45, 7) is 1.85. The van der Waals surface area contributed by atoms with E-state index in [0.717, 1.165) is 36.7 Å². The fourth-order valence-corrected chi connectivity index (χ4v) is 3.42. The number of ether oxygens (including phenoxy) is 1. The molecule has 108 valence electrons. The number of thioether (sulfide) groups is 1. The lowest BCUT2D eigenvalue weighted by Gasteiger charge is -2.08. The van der Waals surface area contributed by atoms with E-state index in [1.807, 2.05) is 16.3 Å². The first-order valence-corrected chi connectivity index (χ1v) is 8.11. The summed E-state index contributed by atoms with van der Waals surface area (Å²) in [5.41, 5.74) is 7.29. The van der Waals surface area contributed by atoms with Crippen LogP contribution in [0.15, 0.2) is 12.7 Å². The fourth-order valence-electron chi connectivity index (χ4n) is 2.39. The predicted molar refractivity (Wildman–Crippen MR) is 80.7 cm³/mol. The van der Waals surface area contributed by atoms with Gasteiger partial charge in [0.2, 0.25) is 0 Å². The molecule has 1 aliphatic heterocycles. The molecular weight excluding hydrogens is 274 g/mol. The minimum Gasteiger partial charge on any atom is -0.382 e. The van der Waals surface area contributed by atoms with E-state index in [9.17, 15) is 0 Å². The smallest absolute Gasteiger partial charge is 0.165 e. The van der Waals surface area contributed by atoms with Crippen molar-refractivity contribution in [1.82, 2.24) is 19.5 Å². The second-order valence-corrected chi connectivity index (χ2v) is 6.08. The molecule has 0 bridgehead atoms. The highest BCUT2D eigenvalue weighted by atomic mass is 32.2. The summed E-state index contributed by atoms with van der Waals surface area (Å²) in [6.07, 6.45) is 7.28. The Morgan fingerprint density at radius 3 is 3.20 bits per heavy atom. The van der Waals surface area contributed by atoms with Crippen molar-refractivity contribution in [3.63, 3.8) is 0 Å². The summed E-state index contributed by atoms with van der Waals surface area (Å²) in [5.74, 6) is 2.68. The van der Waals surface area contributed by atoms with Gasteiger partial charge < -0.3 is 15.0 Å². The summed E-state index contributed by atoms with van der Waals surface area (Å²) in [7, 11) is 0. The number of fused-ring (bicyclic) bond motifs is 1. The molecular formula is C13H19N5OS. The van der Waals surface area contributed by atoms with E-state index in [0.29, 0.717) is 17.4 Å². The van der Waals surface area contributed by atoms with E-state index in [-0.39, 0.29) is 0 Å². The fraction of sp³-hybridized carbons (Fsp3) is 0.615. The molecule has 0 aliphatic carbocycles. The van der Waals surface area contributed by atoms with Crippen LogP contribution in [0.2, 0.25) is 0 Å². The summed E-state index contributed by atoms with van der Waals surface area (Å²) < 4.78 is 7.65. The number of imidazole rings is 1. The Kier molecular flexibility index (Phi) is 4.37. The molecule has 1 atom stereocenters. The maximum Gasteiger partial charge on any atom is 0.165 e. The van der Waals surface area contributed by atoms with Crippen LogP contribution in [0, 0.1) is 0 Å². The number of nitrogen functional groups attached to an aromatic ring is 1. The van der Waals surface area contributed by atoms with Gasteiger partial charge in [-0.2, -0.15) is 11.8 Å². The molecule has 1 fully saturated rings. The summed E-state index contributed by atoms with van der Waals surface area (Å²) in [4.78, 5) is 12.5. The molecule has 7 heteroatoms. The quantitative estimate of drug-likeness (QED) is 0.817. The minimum absolute atomic E-state index is 0.446. The van der Waals surface area contributed by atoms with Gasteiger partial charge in [-0.25, -0.2) is 15.0 Å². The largest absolute Gasteiger partial charge is 0.382 e. The molecule has 6 nitrogen and oxygen atoms in total. The number of nitrogens with two attached hydrogens (primary N) is 1. The first kappa shape index (κ1) is 13.6. The molecule has 1 saturated heterocycles. The van der Waals surface area contributed by atoms with Gasteiger partial charge in [0, 0.05) is 18.9 Å². The third-order valence-corrected chi connectivity index (χ3v) is 4.63. The van der Waals surface area contributed by atoms with E-state index in [4.69, 9.17) is 10.5 Å². The molecule has 0 radical (unpaired) electrons. The zero-order valence-corrected chi connectivity index (χ0v) is 12.2. The van der Waals surface area contributed by atoms with Crippen LogP contribution in [0.4, 0.5) is 5.82 Å². The standard InChI is InChI=1S/C13H19N5OS/c14-12-11-13(16-8-15-12)18(9-17-11)4-2-6-20-7-10-3-1-5-19-10/h8-10H,1-7H2,(H2,14,15,16). The number of rotatable bonds is 6. The maximum absolute atomic E-state index is 5.77. The van der Waals surface area contributed by atoms with Gasteiger partial charge in [0.25, 0.3) is 0 Å². The Hall–Kier alpha value is -1.34. The average molecular weight is 293 g/mol. The Morgan fingerprint density at radius 1 is 1.40 bits per heavy atom. The van der Waals surface area contributed by atoms with Crippen molar-refractivity contribution in [3.05, 3.63) is 12.7 Å². The third-order valence-electron chi connectivity index (χ3n) is 3.44. The monoisotopic (exact) mass is 293 g/mol. The normalized spacial score (nSPS) is 18.9. The van der Waals surface area contributed by atoms with Gasteiger partial charge in [0.1, 0.15) is 11.8 Å². The molecule has 1 unspecified atom stereocenters.